The highest BCUT2D eigenvalue weighted by Gasteiger charge is 2.29. The first-order chi connectivity index (χ1) is 9.90. The molecule has 0 saturated carbocycles. The van der Waals surface area contributed by atoms with Crippen LogP contribution in [-0.2, 0) is 23.1 Å². The molecule has 7 heteroatoms. The molecule has 0 spiro atoms. The number of piperidine rings is 1. The van der Waals surface area contributed by atoms with Gasteiger partial charge in [-0.3, -0.25) is 4.68 Å². The van der Waals surface area contributed by atoms with Crippen LogP contribution in [-0.4, -0.2) is 47.9 Å². The van der Waals surface area contributed by atoms with Crippen molar-refractivity contribution in [2.75, 3.05) is 19.3 Å². The standard InChI is InChI=1S/C14H26N4O2S/c1-4-6-17-11-13(9-16-17)8-15-14-5-7-18(10-12(14)2)21(3,19)20/h9,11-12,14-15H,4-8,10H2,1-3H3/t12-,14+/m1/s1. The number of hydrogen-bond donors (Lipinski definition) is 1. The van der Waals surface area contributed by atoms with Crippen LogP contribution in [0.4, 0.5) is 0 Å². The maximum absolute atomic E-state index is 11.6. The van der Waals surface area contributed by atoms with E-state index in [-0.39, 0.29) is 0 Å². The Hall–Kier alpha value is -0.920. The van der Waals surface area contributed by atoms with Gasteiger partial charge in [0, 0.05) is 44.0 Å². The number of hydrogen-bond acceptors (Lipinski definition) is 4. The molecular formula is C14H26N4O2S. The van der Waals surface area contributed by atoms with Gasteiger partial charge in [-0.2, -0.15) is 5.10 Å². The third-order valence-electron chi connectivity index (χ3n) is 4.04. The molecule has 1 aromatic rings. The smallest absolute Gasteiger partial charge is 0.211 e. The van der Waals surface area contributed by atoms with Gasteiger partial charge in [0.1, 0.15) is 0 Å². The van der Waals surface area contributed by atoms with Crippen LogP contribution < -0.4 is 5.32 Å². The van der Waals surface area contributed by atoms with Gasteiger partial charge in [0.15, 0.2) is 0 Å². The second-order valence-electron chi connectivity index (χ2n) is 5.99. The van der Waals surface area contributed by atoms with Crippen molar-refractivity contribution in [2.45, 2.75) is 45.8 Å². The molecule has 1 aromatic heterocycles. The second-order valence-corrected chi connectivity index (χ2v) is 7.97. The van der Waals surface area contributed by atoms with Crippen molar-refractivity contribution < 1.29 is 8.42 Å². The predicted octanol–water partition coefficient (Wildman–Crippen LogP) is 1.05. The number of aryl methyl sites for hydroxylation is 1. The molecule has 1 saturated heterocycles. The van der Waals surface area contributed by atoms with Gasteiger partial charge < -0.3 is 5.32 Å². The number of rotatable bonds is 6. The van der Waals surface area contributed by atoms with Crippen molar-refractivity contribution in [2.24, 2.45) is 5.92 Å². The number of nitrogens with zero attached hydrogens (tertiary/aromatic N) is 3. The lowest BCUT2D eigenvalue weighted by Crippen LogP contribution is -2.49. The summed E-state index contributed by atoms with van der Waals surface area (Å²) in [4.78, 5) is 0. The molecule has 2 rings (SSSR count). The van der Waals surface area contributed by atoms with Gasteiger partial charge >= 0.3 is 0 Å². The van der Waals surface area contributed by atoms with E-state index in [0.29, 0.717) is 25.0 Å². The van der Waals surface area contributed by atoms with Gasteiger partial charge in [-0.15, -0.1) is 0 Å². The first-order valence-corrected chi connectivity index (χ1v) is 9.44. The summed E-state index contributed by atoms with van der Waals surface area (Å²) >= 11 is 0. The minimum atomic E-state index is -3.06. The van der Waals surface area contributed by atoms with Gasteiger partial charge in [0.2, 0.25) is 10.0 Å². The Kier molecular flexibility index (Phi) is 5.40. The Morgan fingerprint density at radius 3 is 2.86 bits per heavy atom. The minimum absolute atomic E-state index is 0.319. The molecule has 120 valence electrons. The highest BCUT2D eigenvalue weighted by atomic mass is 32.2. The van der Waals surface area contributed by atoms with Crippen LogP contribution in [0.25, 0.3) is 0 Å². The maximum Gasteiger partial charge on any atom is 0.211 e. The SMILES string of the molecule is CCCn1cc(CN[C@H]2CCN(S(C)(=O)=O)C[C@H]2C)cn1. The largest absolute Gasteiger partial charge is 0.309 e. The van der Waals surface area contributed by atoms with Crippen LogP contribution in [0.2, 0.25) is 0 Å². The fourth-order valence-corrected chi connectivity index (χ4v) is 3.75. The molecule has 0 unspecified atom stereocenters. The van der Waals surface area contributed by atoms with Crippen molar-refractivity contribution in [3.05, 3.63) is 18.0 Å². The molecule has 0 radical (unpaired) electrons. The zero-order valence-electron chi connectivity index (χ0n) is 13.1. The number of sulfonamides is 1. The van der Waals surface area contributed by atoms with Crippen LogP contribution >= 0.6 is 0 Å². The van der Waals surface area contributed by atoms with Crippen molar-refractivity contribution in [3.63, 3.8) is 0 Å². The van der Waals surface area contributed by atoms with Gasteiger partial charge in [0.05, 0.1) is 12.5 Å². The molecular weight excluding hydrogens is 288 g/mol. The predicted molar refractivity (Wildman–Crippen MR) is 83.3 cm³/mol. The highest BCUT2D eigenvalue weighted by molar-refractivity contribution is 7.88. The Bertz CT molecular complexity index is 555. The molecule has 0 aliphatic carbocycles. The molecule has 6 nitrogen and oxygen atoms in total. The van der Waals surface area contributed by atoms with Crippen LogP contribution in [0.3, 0.4) is 0 Å². The number of nitrogens with one attached hydrogen (secondary N) is 1. The van der Waals surface area contributed by atoms with Crippen molar-refractivity contribution >= 4 is 10.0 Å². The van der Waals surface area contributed by atoms with E-state index in [4.69, 9.17) is 0 Å². The van der Waals surface area contributed by atoms with E-state index in [9.17, 15) is 8.42 Å². The topological polar surface area (TPSA) is 67.2 Å². The molecule has 1 fully saturated rings. The lowest BCUT2D eigenvalue weighted by molar-refractivity contribution is 0.220. The normalized spacial score (nSPS) is 24.3. The van der Waals surface area contributed by atoms with E-state index in [1.165, 1.54) is 11.8 Å². The Labute approximate surface area is 127 Å². The summed E-state index contributed by atoms with van der Waals surface area (Å²) in [6.45, 7) is 7.19. The molecule has 1 aliphatic heterocycles. The Morgan fingerprint density at radius 2 is 2.24 bits per heavy atom. The Morgan fingerprint density at radius 1 is 1.48 bits per heavy atom. The van der Waals surface area contributed by atoms with E-state index < -0.39 is 10.0 Å². The van der Waals surface area contributed by atoms with Crippen LogP contribution in [0.1, 0.15) is 32.3 Å². The van der Waals surface area contributed by atoms with E-state index in [1.54, 1.807) is 4.31 Å². The van der Waals surface area contributed by atoms with Crippen LogP contribution in [0.5, 0.6) is 0 Å². The lowest BCUT2D eigenvalue weighted by atomic mass is 9.95. The highest BCUT2D eigenvalue weighted by Crippen LogP contribution is 2.19. The average Bonchev–Trinajstić information content (AvgIpc) is 2.84. The summed E-state index contributed by atoms with van der Waals surface area (Å²) < 4.78 is 26.7. The zero-order chi connectivity index (χ0) is 15.5. The van der Waals surface area contributed by atoms with E-state index in [0.717, 1.165) is 25.9 Å². The molecule has 21 heavy (non-hydrogen) atoms. The molecule has 2 atom stereocenters. The molecule has 2 heterocycles. The van der Waals surface area contributed by atoms with Gasteiger partial charge in [-0.05, 0) is 18.8 Å². The zero-order valence-corrected chi connectivity index (χ0v) is 13.9. The third kappa shape index (κ3) is 4.52. The molecule has 0 aromatic carbocycles. The summed E-state index contributed by atoms with van der Waals surface area (Å²) in [6.07, 6.45) is 7.20. The van der Waals surface area contributed by atoms with Gasteiger partial charge in [-0.25, -0.2) is 12.7 Å². The number of aromatic nitrogens is 2. The van der Waals surface area contributed by atoms with Crippen molar-refractivity contribution in [1.82, 2.24) is 19.4 Å². The minimum Gasteiger partial charge on any atom is -0.309 e. The summed E-state index contributed by atoms with van der Waals surface area (Å²) in [5.74, 6) is 0.319. The molecule has 0 amide bonds. The van der Waals surface area contributed by atoms with Gasteiger partial charge in [-0.1, -0.05) is 13.8 Å². The van der Waals surface area contributed by atoms with Crippen LogP contribution in [0.15, 0.2) is 12.4 Å². The summed E-state index contributed by atoms with van der Waals surface area (Å²) in [5, 5.41) is 7.86. The van der Waals surface area contributed by atoms with E-state index >= 15 is 0 Å². The Balaban J connectivity index is 1.84. The summed E-state index contributed by atoms with van der Waals surface area (Å²) in [6, 6.07) is 0.359. The second kappa shape index (κ2) is 6.89. The molecule has 1 N–H and O–H groups in total. The summed E-state index contributed by atoms with van der Waals surface area (Å²) in [7, 11) is -3.06. The molecule has 1 aliphatic rings. The first-order valence-electron chi connectivity index (χ1n) is 7.60. The lowest BCUT2D eigenvalue weighted by Gasteiger charge is -2.36. The monoisotopic (exact) mass is 314 g/mol. The average molecular weight is 314 g/mol. The van der Waals surface area contributed by atoms with E-state index in [1.807, 2.05) is 10.9 Å². The summed E-state index contributed by atoms with van der Waals surface area (Å²) in [5.41, 5.74) is 1.18. The maximum atomic E-state index is 11.6. The quantitative estimate of drug-likeness (QED) is 0.852. The van der Waals surface area contributed by atoms with Gasteiger partial charge in [0.25, 0.3) is 0 Å². The fourth-order valence-electron chi connectivity index (χ4n) is 2.81. The molecule has 0 bridgehead atoms. The van der Waals surface area contributed by atoms with E-state index in [2.05, 4.69) is 30.5 Å². The first kappa shape index (κ1) is 16.5. The fraction of sp³-hybridized carbons (Fsp3) is 0.786. The third-order valence-corrected chi connectivity index (χ3v) is 5.31. The van der Waals surface area contributed by atoms with Crippen molar-refractivity contribution in [1.29, 1.82) is 0 Å². The van der Waals surface area contributed by atoms with Crippen molar-refractivity contribution in [3.8, 4) is 0 Å². The van der Waals surface area contributed by atoms with Crippen LogP contribution in [0, 0.1) is 5.92 Å².